The molecular formula is C15H21N3. The smallest absolute Gasteiger partial charge is 0.0706 e. The van der Waals surface area contributed by atoms with Crippen molar-refractivity contribution in [1.82, 2.24) is 14.9 Å². The SMILES string of the molecule is c1ccn2ncc(CNCCC3CCCC3)c2c1. The molecule has 3 nitrogen and oxygen atoms in total. The van der Waals surface area contributed by atoms with Gasteiger partial charge in [0.05, 0.1) is 11.7 Å². The predicted molar refractivity (Wildman–Crippen MR) is 73.5 cm³/mol. The Kier molecular flexibility index (Phi) is 3.60. The maximum absolute atomic E-state index is 4.35. The molecule has 0 radical (unpaired) electrons. The van der Waals surface area contributed by atoms with E-state index in [2.05, 4.69) is 22.5 Å². The molecule has 0 bridgehead atoms. The van der Waals surface area contributed by atoms with Crippen LogP contribution in [0.15, 0.2) is 30.6 Å². The van der Waals surface area contributed by atoms with Crippen LogP contribution < -0.4 is 5.32 Å². The van der Waals surface area contributed by atoms with E-state index < -0.39 is 0 Å². The minimum Gasteiger partial charge on any atom is -0.313 e. The van der Waals surface area contributed by atoms with Crippen molar-refractivity contribution in [1.29, 1.82) is 0 Å². The highest BCUT2D eigenvalue weighted by Crippen LogP contribution is 2.26. The van der Waals surface area contributed by atoms with Crippen molar-refractivity contribution < 1.29 is 0 Å². The lowest BCUT2D eigenvalue weighted by atomic mass is 10.0. The Hall–Kier alpha value is -1.35. The Morgan fingerprint density at radius 3 is 3.06 bits per heavy atom. The molecule has 2 aromatic rings. The Balaban J connectivity index is 1.50. The molecule has 1 fully saturated rings. The second kappa shape index (κ2) is 5.53. The molecule has 0 atom stereocenters. The van der Waals surface area contributed by atoms with Gasteiger partial charge in [-0.05, 0) is 31.0 Å². The third-order valence-electron chi connectivity index (χ3n) is 4.03. The number of pyridine rings is 1. The van der Waals surface area contributed by atoms with E-state index in [4.69, 9.17) is 0 Å². The lowest BCUT2D eigenvalue weighted by Crippen LogP contribution is -2.16. The second-order valence-electron chi connectivity index (χ2n) is 5.32. The van der Waals surface area contributed by atoms with Crippen LogP contribution in [0.4, 0.5) is 0 Å². The maximum Gasteiger partial charge on any atom is 0.0706 e. The van der Waals surface area contributed by atoms with Crippen LogP contribution in [0.1, 0.15) is 37.7 Å². The number of nitrogens with one attached hydrogen (secondary N) is 1. The van der Waals surface area contributed by atoms with Crippen molar-refractivity contribution in [2.75, 3.05) is 6.54 Å². The van der Waals surface area contributed by atoms with E-state index >= 15 is 0 Å². The molecule has 2 heterocycles. The van der Waals surface area contributed by atoms with Gasteiger partial charge in [-0.3, -0.25) is 0 Å². The number of aromatic nitrogens is 2. The largest absolute Gasteiger partial charge is 0.313 e. The summed E-state index contributed by atoms with van der Waals surface area (Å²) < 4.78 is 1.94. The normalized spacial score (nSPS) is 16.7. The average molecular weight is 243 g/mol. The summed E-state index contributed by atoms with van der Waals surface area (Å²) >= 11 is 0. The predicted octanol–water partition coefficient (Wildman–Crippen LogP) is 3.00. The zero-order valence-corrected chi connectivity index (χ0v) is 10.8. The monoisotopic (exact) mass is 243 g/mol. The van der Waals surface area contributed by atoms with E-state index in [0.717, 1.165) is 19.0 Å². The fourth-order valence-electron chi connectivity index (χ4n) is 2.95. The highest BCUT2D eigenvalue weighted by atomic mass is 15.2. The fraction of sp³-hybridized carbons (Fsp3) is 0.533. The number of rotatable bonds is 5. The summed E-state index contributed by atoms with van der Waals surface area (Å²) in [4.78, 5) is 0. The minimum absolute atomic E-state index is 0.931. The number of fused-ring (bicyclic) bond motifs is 1. The molecule has 96 valence electrons. The first-order valence-electron chi connectivity index (χ1n) is 7.05. The Labute approximate surface area is 108 Å². The van der Waals surface area contributed by atoms with E-state index in [-0.39, 0.29) is 0 Å². The molecule has 1 saturated carbocycles. The lowest BCUT2D eigenvalue weighted by molar-refractivity contribution is 0.477. The van der Waals surface area contributed by atoms with Gasteiger partial charge in [0.1, 0.15) is 0 Å². The molecule has 0 aliphatic heterocycles. The molecule has 1 aliphatic carbocycles. The minimum atomic E-state index is 0.931. The van der Waals surface area contributed by atoms with Gasteiger partial charge in [0.2, 0.25) is 0 Å². The molecule has 3 heteroatoms. The van der Waals surface area contributed by atoms with Gasteiger partial charge in [-0.2, -0.15) is 5.10 Å². The summed E-state index contributed by atoms with van der Waals surface area (Å²) in [5.74, 6) is 0.974. The lowest BCUT2D eigenvalue weighted by Gasteiger charge is -2.09. The van der Waals surface area contributed by atoms with Crippen LogP contribution >= 0.6 is 0 Å². The van der Waals surface area contributed by atoms with Gasteiger partial charge in [0.15, 0.2) is 0 Å². The second-order valence-corrected chi connectivity index (χ2v) is 5.32. The highest BCUT2D eigenvalue weighted by molar-refractivity contribution is 5.53. The van der Waals surface area contributed by atoms with E-state index in [1.165, 1.54) is 43.2 Å². The molecule has 2 aromatic heterocycles. The van der Waals surface area contributed by atoms with Crippen molar-refractivity contribution in [3.05, 3.63) is 36.2 Å². The van der Waals surface area contributed by atoms with Gasteiger partial charge in [0.25, 0.3) is 0 Å². The van der Waals surface area contributed by atoms with E-state index in [1.807, 2.05) is 23.0 Å². The maximum atomic E-state index is 4.35. The third kappa shape index (κ3) is 2.56. The Morgan fingerprint density at radius 2 is 2.17 bits per heavy atom. The van der Waals surface area contributed by atoms with Crippen LogP contribution in [-0.2, 0) is 6.54 Å². The molecule has 0 spiro atoms. The van der Waals surface area contributed by atoms with Crippen molar-refractivity contribution in [3.63, 3.8) is 0 Å². The summed E-state index contributed by atoms with van der Waals surface area (Å²) in [6.07, 6.45) is 11.1. The topological polar surface area (TPSA) is 29.3 Å². The molecule has 18 heavy (non-hydrogen) atoms. The van der Waals surface area contributed by atoms with Crippen LogP contribution in [0.2, 0.25) is 0 Å². The summed E-state index contributed by atoms with van der Waals surface area (Å²) in [6, 6.07) is 6.21. The van der Waals surface area contributed by atoms with E-state index in [0.29, 0.717) is 0 Å². The zero-order valence-electron chi connectivity index (χ0n) is 10.8. The molecule has 1 aliphatic rings. The van der Waals surface area contributed by atoms with Crippen LogP contribution in [0.5, 0.6) is 0 Å². The van der Waals surface area contributed by atoms with Crippen LogP contribution in [0.25, 0.3) is 5.52 Å². The summed E-state index contributed by atoms with van der Waals surface area (Å²) in [7, 11) is 0. The van der Waals surface area contributed by atoms with Gasteiger partial charge in [-0.25, -0.2) is 4.52 Å². The summed E-state index contributed by atoms with van der Waals surface area (Å²) in [5.41, 5.74) is 2.51. The first-order chi connectivity index (χ1) is 8.93. The van der Waals surface area contributed by atoms with Crippen molar-refractivity contribution in [2.24, 2.45) is 5.92 Å². The van der Waals surface area contributed by atoms with Gasteiger partial charge in [-0.1, -0.05) is 31.7 Å². The van der Waals surface area contributed by atoms with E-state index in [1.54, 1.807) is 0 Å². The van der Waals surface area contributed by atoms with E-state index in [9.17, 15) is 0 Å². The molecule has 1 N–H and O–H groups in total. The fourth-order valence-corrected chi connectivity index (χ4v) is 2.95. The molecule has 0 saturated heterocycles. The van der Waals surface area contributed by atoms with Crippen molar-refractivity contribution >= 4 is 5.52 Å². The highest BCUT2D eigenvalue weighted by Gasteiger charge is 2.13. The van der Waals surface area contributed by atoms with Gasteiger partial charge >= 0.3 is 0 Å². The van der Waals surface area contributed by atoms with Gasteiger partial charge in [0, 0.05) is 18.3 Å². The molecule has 0 unspecified atom stereocenters. The first kappa shape index (κ1) is 11.7. The average Bonchev–Trinajstić information content (AvgIpc) is 3.04. The quantitative estimate of drug-likeness (QED) is 0.818. The van der Waals surface area contributed by atoms with Gasteiger partial charge in [-0.15, -0.1) is 0 Å². The number of nitrogens with zero attached hydrogens (tertiary/aromatic N) is 2. The Morgan fingerprint density at radius 1 is 1.28 bits per heavy atom. The van der Waals surface area contributed by atoms with Crippen LogP contribution in [-0.4, -0.2) is 16.2 Å². The molecular weight excluding hydrogens is 222 g/mol. The summed E-state index contributed by atoms with van der Waals surface area (Å²) in [6.45, 7) is 2.06. The summed E-state index contributed by atoms with van der Waals surface area (Å²) in [5, 5.41) is 7.91. The molecule has 0 aromatic carbocycles. The zero-order chi connectivity index (χ0) is 12.2. The Bertz CT molecular complexity index is 497. The van der Waals surface area contributed by atoms with Gasteiger partial charge < -0.3 is 5.32 Å². The van der Waals surface area contributed by atoms with Crippen LogP contribution in [0.3, 0.4) is 0 Å². The van der Waals surface area contributed by atoms with Crippen molar-refractivity contribution in [2.45, 2.75) is 38.6 Å². The first-order valence-corrected chi connectivity index (χ1v) is 7.05. The van der Waals surface area contributed by atoms with Crippen LogP contribution in [0, 0.1) is 5.92 Å². The molecule has 3 rings (SSSR count). The number of hydrogen-bond donors (Lipinski definition) is 1. The standard InChI is InChI=1S/C15H21N3/c1-2-6-13(5-1)8-9-16-11-14-12-17-18-10-4-3-7-15(14)18/h3-4,7,10,12-13,16H,1-2,5-6,8-9,11H2. The third-order valence-corrected chi connectivity index (χ3v) is 4.03. The molecule has 0 amide bonds. The number of hydrogen-bond acceptors (Lipinski definition) is 2. The van der Waals surface area contributed by atoms with Crippen molar-refractivity contribution in [3.8, 4) is 0 Å².